The van der Waals surface area contributed by atoms with Gasteiger partial charge in [0.2, 0.25) is 0 Å². The summed E-state index contributed by atoms with van der Waals surface area (Å²) in [5.41, 5.74) is 1.70. The van der Waals surface area contributed by atoms with Gasteiger partial charge in [0.25, 0.3) is 5.91 Å². The van der Waals surface area contributed by atoms with E-state index in [9.17, 15) is 14.0 Å². The van der Waals surface area contributed by atoms with Crippen LogP contribution in [0, 0.1) is 18.7 Å². The molecule has 30 heavy (non-hydrogen) atoms. The monoisotopic (exact) mass is 426 g/mol. The van der Waals surface area contributed by atoms with E-state index in [0.29, 0.717) is 29.8 Å². The number of alkyl halides is 1. The zero-order valence-electron chi connectivity index (χ0n) is 16.3. The van der Waals surface area contributed by atoms with Crippen LogP contribution in [0.15, 0.2) is 53.8 Å². The first-order valence-electron chi connectivity index (χ1n) is 10.1. The summed E-state index contributed by atoms with van der Waals surface area (Å²) in [6.07, 6.45) is 1.57. The van der Waals surface area contributed by atoms with Gasteiger partial charge in [-0.05, 0) is 56.0 Å². The third-order valence-electron chi connectivity index (χ3n) is 6.09. The number of carbonyl (C=O) groups excluding carboxylic acids is 2. The number of benzene rings is 1. The molecular formula is C23H20ClFN2O3. The van der Waals surface area contributed by atoms with Gasteiger partial charge < -0.3 is 4.74 Å². The van der Waals surface area contributed by atoms with Gasteiger partial charge in [-0.3, -0.25) is 14.5 Å². The number of hydrogen-bond acceptors (Lipinski definition) is 4. The first-order valence-corrected chi connectivity index (χ1v) is 10.5. The molecule has 3 aliphatic rings. The van der Waals surface area contributed by atoms with E-state index in [-0.39, 0.29) is 34.8 Å². The van der Waals surface area contributed by atoms with Crippen LogP contribution in [0.1, 0.15) is 36.6 Å². The van der Waals surface area contributed by atoms with Gasteiger partial charge in [-0.15, -0.1) is 11.6 Å². The highest BCUT2D eigenvalue weighted by Crippen LogP contribution is 2.48. The molecule has 1 aromatic heterocycles. The largest absolute Gasteiger partial charge is 0.483 e. The molecule has 0 N–H and O–H groups in total. The molecule has 7 heteroatoms. The number of pyridine rings is 1. The minimum Gasteiger partial charge on any atom is -0.483 e. The van der Waals surface area contributed by atoms with E-state index < -0.39 is 11.9 Å². The lowest BCUT2D eigenvalue weighted by atomic mass is 9.77. The molecule has 0 bridgehead atoms. The van der Waals surface area contributed by atoms with Gasteiger partial charge in [0.15, 0.2) is 11.5 Å². The number of ketones is 1. The summed E-state index contributed by atoms with van der Waals surface area (Å²) in [6, 6.07) is 10.5. The topological polar surface area (TPSA) is 59.5 Å². The quantitative estimate of drug-likeness (QED) is 0.674. The molecule has 1 saturated carbocycles. The lowest BCUT2D eigenvalue weighted by molar-refractivity contribution is -0.131. The van der Waals surface area contributed by atoms with Gasteiger partial charge in [-0.2, -0.15) is 0 Å². The van der Waals surface area contributed by atoms with Gasteiger partial charge >= 0.3 is 0 Å². The molecule has 1 aromatic carbocycles. The summed E-state index contributed by atoms with van der Waals surface area (Å²) in [7, 11) is 0. The second-order valence-electron chi connectivity index (χ2n) is 8.05. The van der Waals surface area contributed by atoms with Crippen molar-refractivity contribution in [3.05, 3.63) is 70.9 Å². The molecule has 4 unspecified atom stereocenters. The summed E-state index contributed by atoms with van der Waals surface area (Å²) in [4.78, 5) is 33.0. The van der Waals surface area contributed by atoms with Crippen molar-refractivity contribution in [1.29, 1.82) is 0 Å². The molecule has 0 radical (unpaired) electrons. The van der Waals surface area contributed by atoms with E-state index in [0.717, 1.165) is 12.1 Å². The summed E-state index contributed by atoms with van der Waals surface area (Å²) in [5, 5.41) is -0.0862. The van der Waals surface area contributed by atoms with Gasteiger partial charge in [-0.1, -0.05) is 18.2 Å². The zero-order valence-corrected chi connectivity index (χ0v) is 17.1. The molecule has 0 spiro atoms. The maximum atomic E-state index is 13.6. The van der Waals surface area contributed by atoms with Crippen molar-refractivity contribution < 1.29 is 18.7 Å². The van der Waals surface area contributed by atoms with Crippen molar-refractivity contribution in [2.75, 3.05) is 4.90 Å². The standard InChI is InChI=1S/C23H20ClFN2O3/c1-12-3-2-4-18(26-12)27-20(13-5-8-15(25)9-6-13)19-21(28)16-11-14(24)7-10-17(16)30-22(19)23(27)29/h2-6,8-9,14,16-17,20H,7,10-11H2,1H3. The van der Waals surface area contributed by atoms with Crippen LogP contribution in [0.25, 0.3) is 0 Å². The fourth-order valence-corrected chi connectivity index (χ4v) is 4.99. The highest BCUT2D eigenvalue weighted by molar-refractivity contribution is 6.21. The minimum absolute atomic E-state index is 0.0862. The average molecular weight is 427 g/mol. The number of Topliss-reactive ketones (excluding diaryl/α,β-unsaturated/α-hetero) is 1. The molecule has 4 atom stereocenters. The van der Waals surface area contributed by atoms with Crippen molar-refractivity contribution >= 4 is 29.1 Å². The minimum atomic E-state index is -0.716. The molecule has 5 nitrogen and oxygen atoms in total. The number of halogens is 2. The fraction of sp³-hybridized carbons (Fsp3) is 0.348. The van der Waals surface area contributed by atoms with Crippen molar-refractivity contribution in [1.82, 2.24) is 4.98 Å². The maximum absolute atomic E-state index is 13.6. The first-order chi connectivity index (χ1) is 14.4. The lowest BCUT2D eigenvalue weighted by Crippen LogP contribution is -2.41. The Morgan fingerprint density at radius 2 is 1.90 bits per heavy atom. The van der Waals surface area contributed by atoms with Crippen LogP contribution < -0.4 is 4.90 Å². The second kappa shape index (κ2) is 7.20. The van der Waals surface area contributed by atoms with Gasteiger partial charge in [0, 0.05) is 11.1 Å². The van der Waals surface area contributed by atoms with Crippen LogP contribution in [-0.4, -0.2) is 28.2 Å². The Balaban J connectivity index is 1.65. The highest BCUT2D eigenvalue weighted by atomic mass is 35.5. The van der Waals surface area contributed by atoms with E-state index in [4.69, 9.17) is 16.3 Å². The van der Waals surface area contributed by atoms with E-state index in [1.54, 1.807) is 18.2 Å². The first kappa shape index (κ1) is 19.2. The Morgan fingerprint density at radius 1 is 1.13 bits per heavy atom. The number of rotatable bonds is 2. The summed E-state index contributed by atoms with van der Waals surface area (Å²) in [5.74, 6) is -0.742. The Bertz CT molecular complexity index is 1070. The zero-order chi connectivity index (χ0) is 21.0. The average Bonchev–Trinajstić information content (AvgIpc) is 3.02. The van der Waals surface area contributed by atoms with Crippen molar-refractivity contribution in [2.45, 2.75) is 43.7 Å². The lowest BCUT2D eigenvalue weighted by Gasteiger charge is -2.37. The van der Waals surface area contributed by atoms with Gasteiger partial charge in [0.05, 0.1) is 17.5 Å². The Morgan fingerprint density at radius 3 is 2.63 bits per heavy atom. The van der Waals surface area contributed by atoms with Crippen molar-refractivity contribution in [2.24, 2.45) is 5.92 Å². The third kappa shape index (κ3) is 3.01. The molecule has 3 heterocycles. The number of hydrogen-bond donors (Lipinski definition) is 0. The Hall–Kier alpha value is -2.73. The Kier molecular flexibility index (Phi) is 4.62. The van der Waals surface area contributed by atoms with Crippen LogP contribution in [0.4, 0.5) is 10.2 Å². The molecule has 2 aliphatic heterocycles. The predicted molar refractivity (Wildman–Crippen MR) is 109 cm³/mol. The van der Waals surface area contributed by atoms with Crippen LogP contribution >= 0.6 is 11.6 Å². The molecular weight excluding hydrogens is 407 g/mol. The number of ether oxygens (including phenoxy) is 1. The normalized spacial score (nSPS) is 28.3. The number of aryl methyl sites for hydroxylation is 1. The van der Waals surface area contributed by atoms with Gasteiger partial charge in [-0.25, -0.2) is 9.37 Å². The van der Waals surface area contributed by atoms with E-state index in [1.165, 1.54) is 17.0 Å². The molecule has 1 aliphatic carbocycles. The number of nitrogens with zero attached hydrogens (tertiary/aromatic N) is 2. The smallest absolute Gasteiger partial charge is 0.295 e. The van der Waals surface area contributed by atoms with Gasteiger partial charge in [0.1, 0.15) is 17.7 Å². The number of fused-ring (bicyclic) bond motifs is 1. The molecule has 2 aromatic rings. The summed E-state index contributed by atoms with van der Waals surface area (Å²) in [6.45, 7) is 1.83. The van der Waals surface area contributed by atoms with E-state index >= 15 is 0 Å². The van der Waals surface area contributed by atoms with Crippen molar-refractivity contribution in [3.63, 3.8) is 0 Å². The van der Waals surface area contributed by atoms with E-state index in [2.05, 4.69) is 4.98 Å². The Labute approximate surface area is 178 Å². The van der Waals surface area contributed by atoms with Crippen LogP contribution in [0.5, 0.6) is 0 Å². The maximum Gasteiger partial charge on any atom is 0.295 e. The molecule has 1 amide bonds. The number of amides is 1. The summed E-state index contributed by atoms with van der Waals surface area (Å²) < 4.78 is 19.7. The number of anilines is 1. The van der Waals surface area contributed by atoms with Crippen LogP contribution in [0.2, 0.25) is 0 Å². The fourth-order valence-electron chi connectivity index (χ4n) is 4.68. The highest BCUT2D eigenvalue weighted by Gasteiger charge is 2.53. The molecule has 1 fully saturated rings. The van der Waals surface area contributed by atoms with Crippen molar-refractivity contribution in [3.8, 4) is 0 Å². The predicted octanol–water partition coefficient (Wildman–Crippen LogP) is 4.25. The third-order valence-corrected chi connectivity index (χ3v) is 6.49. The number of aromatic nitrogens is 1. The van der Waals surface area contributed by atoms with Crippen LogP contribution in [0.3, 0.4) is 0 Å². The molecule has 154 valence electrons. The SMILES string of the molecule is Cc1cccc(N2C(=O)C3=C(C(=O)C4CC(Cl)CCC4O3)C2c2ccc(F)cc2)n1. The summed E-state index contributed by atoms with van der Waals surface area (Å²) >= 11 is 6.33. The second-order valence-corrected chi connectivity index (χ2v) is 8.66. The molecule has 0 saturated heterocycles. The molecule has 5 rings (SSSR count). The van der Waals surface area contributed by atoms with Crippen LogP contribution in [-0.2, 0) is 14.3 Å². The van der Waals surface area contributed by atoms with E-state index in [1.807, 2.05) is 19.1 Å². The number of carbonyl (C=O) groups is 2.